The number of carbonyl (C=O) groups excluding carboxylic acids is 2. The summed E-state index contributed by atoms with van der Waals surface area (Å²) in [6.07, 6.45) is 5.95. The lowest BCUT2D eigenvalue weighted by molar-refractivity contribution is -0.138. The molecule has 0 spiro atoms. The van der Waals surface area contributed by atoms with Crippen molar-refractivity contribution in [3.63, 3.8) is 0 Å². The predicted molar refractivity (Wildman–Crippen MR) is 136 cm³/mol. The fourth-order valence-electron chi connectivity index (χ4n) is 6.47. The second kappa shape index (κ2) is 9.81. The molecule has 34 heavy (non-hydrogen) atoms. The molecule has 2 fully saturated rings. The fourth-order valence-corrected chi connectivity index (χ4v) is 6.47. The molecule has 2 amide bonds. The van der Waals surface area contributed by atoms with Crippen molar-refractivity contribution < 1.29 is 9.59 Å². The van der Waals surface area contributed by atoms with Gasteiger partial charge < -0.3 is 15.5 Å². The van der Waals surface area contributed by atoms with Gasteiger partial charge in [0.25, 0.3) is 5.91 Å². The quantitative estimate of drug-likeness (QED) is 0.629. The lowest BCUT2D eigenvalue weighted by atomic mass is 9.79. The van der Waals surface area contributed by atoms with Crippen LogP contribution in [0.4, 0.5) is 5.69 Å². The van der Waals surface area contributed by atoms with Gasteiger partial charge in [0.1, 0.15) is 0 Å². The number of amides is 2. The molecule has 1 saturated heterocycles. The van der Waals surface area contributed by atoms with Crippen molar-refractivity contribution in [1.82, 2.24) is 10.2 Å². The Labute approximate surface area is 203 Å². The van der Waals surface area contributed by atoms with E-state index >= 15 is 0 Å². The number of rotatable bonds is 5. The molecule has 1 aliphatic carbocycles. The first-order valence-electron chi connectivity index (χ1n) is 13.0. The Bertz CT molecular complexity index is 1020. The van der Waals surface area contributed by atoms with E-state index < -0.39 is 0 Å². The van der Waals surface area contributed by atoms with Crippen LogP contribution in [0, 0.1) is 17.8 Å². The standard InChI is InChI=1S/C29H37N3O2/c1-19(2)18-26-22-16-17-32(27(22)21-12-6-8-14-24(21)30-26)29(34)23-13-7-9-15-25(23)31-28(33)20-10-4-3-5-11-20/h3-6,8,10-12,14,19,22-23,25-27,30H,7,9,13,15-18H2,1-2H3,(H,31,33). The number of hydrogen-bond acceptors (Lipinski definition) is 3. The zero-order valence-electron chi connectivity index (χ0n) is 20.4. The summed E-state index contributed by atoms with van der Waals surface area (Å²) in [5.74, 6) is 1.04. The molecular weight excluding hydrogens is 422 g/mol. The van der Waals surface area contributed by atoms with E-state index in [2.05, 4.69) is 53.6 Å². The third kappa shape index (κ3) is 4.45. The van der Waals surface area contributed by atoms with Crippen LogP contribution in [0.3, 0.4) is 0 Å². The minimum atomic E-state index is -0.147. The number of nitrogens with zero attached hydrogens (tertiary/aromatic N) is 1. The van der Waals surface area contributed by atoms with Crippen LogP contribution in [0.1, 0.15) is 74.3 Å². The number of fused-ring (bicyclic) bond motifs is 3. The van der Waals surface area contributed by atoms with Gasteiger partial charge in [-0.2, -0.15) is 0 Å². The van der Waals surface area contributed by atoms with Gasteiger partial charge in [-0.1, -0.05) is 63.1 Å². The summed E-state index contributed by atoms with van der Waals surface area (Å²) in [5, 5.41) is 7.01. The van der Waals surface area contributed by atoms with Gasteiger partial charge in [0, 0.05) is 35.8 Å². The van der Waals surface area contributed by atoms with Gasteiger partial charge in [-0.3, -0.25) is 9.59 Å². The zero-order valence-corrected chi connectivity index (χ0v) is 20.4. The minimum Gasteiger partial charge on any atom is -0.382 e. The summed E-state index contributed by atoms with van der Waals surface area (Å²) < 4.78 is 0. The van der Waals surface area contributed by atoms with Gasteiger partial charge in [-0.05, 0) is 55.4 Å². The molecule has 5 heteroatoms. The van der Waals surface area contributed by atoms with Crippen LogP contribution in [0.2, 0.25) is 0 Å². The fraction of sp³-hybridized carbons (Fsp3) is 0.517. The Morgan fingerprint density at radius 3 is 2.53 bits per heavy atom. The van der Waals surface area contributed by atoms with Crippen molar-refractivity contribution in [3.8, 4) is 0 Å². The minimum absolute atomic E-state index is 0.0752. The van der Waals surface area contributed by atoms with Gasteiger partial charge in [0.15, 0.2) is 0 Å². The van der Waals surface area contributed by atoms with E-state index in [1.165, 1.54) is 11.3 Å². The maximum Gasteiger partial charge on any atom is 0.251 e. The monoisotopic (exact) mass is 459 g/mol. The normalized spacial score (nSPS) is 28.1. The third-order valence-electron chi connectivity index (χ3n) is 8.03. The largest absolute Gasteiger partial charge is 0.382 e. The van der Waals surface area contributed by atoms with Crippen molar-refractivity contribution in [3.05, 3.63) is 65.7 Å². The van der Waals surface area contributed by atoms with E-state index in [-0.39, 0.29) is 29.8 Å². The SMILES string of the molecule is CC(C)CC1Nc2ccccc2C2C1CCN2C(=O)C1CCCCC1NC(=O)c1ccccc1. The molecule has 0 radical (unpaired) electrons. The first-order valence-corrected chi connectivity index (χ1v) is 13.0. The lowest BCUT2D eigenvalue weighted by Gasteiger charge is -2.42. The van der Waals surface area contributed by atoms with E-state index in [4.69, 9.17) is 0 Å². The number of anilines is 1. The highest BCUT2D eigenvalue weighted by atomic mass is 16.2. The smallest absolute Gasteiger partial charge is 0.251 e. The van der Waals surface area contributed by atoms with Gasteiger partial charge in [-0.15, -0.1) is 0 Å². The second-order valence-corrected chi connectivity index (χ2v) is 10.7. The first-order chi connectivity index (χ1) is 16.5. The van der Waals surface area contributed by atoms with Crippen molar-refractivity contribution in [2.24, 2.45) is 17.8 Å². The molecular formula is C29H37N3O2. The average molecular weight is 460 g/mol. The van der Waals surface area contributed by atoms with E-state index in [0.29, 0.717) is 23.4 Å². The molecule has 5 unspecified atom stereocenters. The van der Waals surface area contributed by atoms with Crippen molar-refractivity contribution >= 4 is 17.5 Å². The summed E-state index contributed by atoms with van der Waals surface area (Å²) in [4.78, 5) is 29.1. The molecule has 2 aromatic rings. The maximum absolute atomic E-state index is 14.1. The lowest BCUT2D eigenvalue weighted by Crippen LogP contribution is -2.50. The topological polar surface area (TPSA) is 61.4 Å². The predicted octanol–water partition coefficient (Wildman–Crippen LogP) is 5.41. The van der Waals surface area contributed by atoms with Crippen LogP contribution in [-0.2, 0) is 4.79 Å². The van der Waals surface area contributed by atoms with Gasteiger partial charge >= 0.3 is 0 Å². The number of likely N-dealkylation sites (tertiary alicyclic amines) is 1. The maximum atomic E-state index is 14.1. The highest BCUT2D eigenvalue weighted by Crippen LogP contribution is 2.48. The molecule has 0 aromatic heterocycles. The van der Waals surface area contributed by atoms with Crippen molar-refractivity contribution in [1.29, 1.82) is 0 Å². The van der Waals surface area contributed by atoms with Crippen molar-refractivity contribution in [2.75, 3.05) is 11.9 Å². The van der Waals surface area contributed by atoms with Crippen LogP contribution < -0.4 is 10.6 Å². The van der Waals surface area contributed by atoms with E-state index in [0.717, 1.165) is 45.1 Å². The van der Waals surface area contributed by atoms with E-state index in [1.54, 1.807) is 0 Å². The van der Waals surface area contributed by atoms with Gasteiger partial charge in [0.2, 0.25) is 5.91 Å². The molecule has 2 N–H and O–H groups in total. The molecule has 2 heterocycles. The third-order valence-corrected chi connectivity index (χ3v) is 8.03. The van der Waals surface area contributed by atoms with Crippen LogP contribution in [-0.4, -0.2) is 35.3 Å². The Hall–Kier alpha value is -2.82. The van der Waals surface area contributed by atoms with Crippen LogP contribution >= 0.6 is 0 Å². The highest BCUT2D eigenvalue weighted by molar-refractivity contribution is 5.94. The van der Waals surface area contributed by atoms with E-state index in [1.807, 2.05) is 30.3 Å². The summed E-state index contributed by atoms with van der Waals surface area (Å²) >= 11 is 0. The van der Waals surface area contributed by atoms with Gasteiger partial charge in [-0.25, -0.2) is 0 Å². The van der Waals surface area contributed by atoms with Crippen LogP contribution in [0.25, 0.3) is 0 Å². The van der Waals surface area contributed by atoms with Gasteiger partial charge in [0.05, 0.1) is 12.0 Å². The Morgan fingerprint density at radius 1 is 1.00 bits per heavy atom. The molecule has 5 nitrogen and oxygen atoms in total. The molecule has 5 rings (SSSR count). The Kier molecular flexibility index (Phi) is 6.62. The summed E-state index contributed by atoms with van der Waals surface area (Å²) in [7, 11) is 0. The summed E-state index contributed by atoms with van der Waals surface area (Å²) in [6, 6.07) is 18.3. The zero-order chi connectivity index (χ0) is 23.7. The molecule has 1 saturated carbocycles. The number of hydrogen-bond donors (Lipinski definition) is 2. The highest BCUT2D eigenvalue weighted by Gasteiger charge is 2.48. The summed E-state index contributed by atoms with van der Waals surface area (Å²) in [6.45, 7) is 5.35. The molecule has 3 aliphatic rings. The molecule has 2 aliphatic heterocycles. The van der Waals surface area contributed by atoms with E-state index in [9.17, 15) is 9.59 Å². The molecule has 5 atom stereocenters. The first kappa shape index (κ1) is 22.9. The molecule has 2 aromatic carbocycles. The number of benzene rings is 2. The number of carbonyl (C=O) groups is 2. The molecule has 180 valence electrons. The summed E-state index contributed by atoms with van der Waals surface area (Å²) in [5.41, 5.74) is 3.08. The number of nitrogens with one attached hydrogen (secondary N) is 2. The second-order valence-electron chi connectivity index (χ2n) is 10.7. The van der Waals surface area contributed by atoms with Crippen LogP contribution in [0.5, 0.6) is 0 Å². The van der Waals surface area contributed by atoms with Crippen molar-refractivity contribution in [2.45, 2.75) is 70.5 Å². The number of para-hydroxylation sites is 1. The average Bonchev–Trinajstić information content (AvgIpc) is 3.30. The molecule has 0 bridgehead atoms. The Morgan fingerprint density at radius 2 is 1.74 bits per heavy atom. The Balaban J connectivity index is 1.38. The van der Waals surface area contributed by atoms with Crippen LogP contribution in [0.15, 0.2) is 54.6 Å².